The highest BCUT2D eigenvalue weighted by Gasteiger charge is 2.34. The number of aromatic nitrogens is 4. The summed E-state index contributed by atoms with van der Waals surface area (Å²) < 4.78 is 1.65. The zero-order valence-electron chi connectivity index (χ0n) is 15.9. The van der Waals surface area contributed by atoms with Crippen molar-refractivity contribution in [1.29, 1.82) is 0 Å². The lowest BCUT2D eigenvalue weighted by Crippen LogP contribution is -2.49. The van der Waals surface area contributed by atoms with Gasteiger partial charge < -0.3 is 20.7 Å². The maximum Gasteiger partial charge on any atom is 0.253 e. The number of fused-ring (bicyclic) bond motifs is 1. The molecule has 4 rings (SSSR count). The number of H-pyrrole nitrogens is 1. The third-order valence-electron chi connectivity index (χ3n) is 5.45. The van der Waals surface area contributed by atoms with Crippen LogP contribution in [0.25, 0.3) is 10.9 Å². The molecule has 9 nitrogen and oxygen atoms in total. The second kappa shape index (κ2) is 8.44. The van der Waals surface area contributed by atoms with E-state index in [1.807, 2.05) is 24.3 Å². The lowest BCUT2D eigenvalue weighted by atomic mass is 9.83. The van der Waals surface area contributed by atoms with Gasteiger partial charge in [0.05, 0.1) is 30.5 Å². The number of benzene rings is 1. The summed E-state index contributed by atoms with van der Waals surface area (Å²) in [5.74, 6) is -0.565. The number of hydrogen-bond acceptors (Lipinski definition) is 5. The number of aliphatic hydroxyl groups is 1. The highest BCUT2D eigenvalue weighted by atomic mass is 16.3. The summed E-state index contributed by atoms with van der Waals surface area (Å²) in [4.78, 5) is 28.3. The molecule has 29 heavy (non-hydrogen) atoms. The molecule has 0 spiro atoms. The average Bonchev–Trinajstić information content (AvgIpc) is 3.39. The predicted molar refractivity (Wildman–Crippen MR) is 106 cm³/mol. The second-order valence-corrected chi connectivity index (χ2v) is 7.36. The van der Waals surface area contributed by atoms with Crippen molar-refractivity contribution in [3.8, 4) is 0 Å². The summed E-state index contributed by atoms with van der Waals surface area (Å²) >= 11 is 0. The molecular formula is C20H24N6O3. The van der Waals surface area contributed by atoms with Crippen molar-refractivity contribution in [2.24, 2.45) is 5.92 Å². The number of rotatable bonds is 6. The molecule has 1 aliphatic carbocycles. The number of carbonyl (C=O) groups is 2. The summed E-state index contributed by atoms with van der Waals surface area (Å²) in [6.07, 6.45) is 5.80. The molecule has 1 saturated carbocycles. The summed E-state index contributed by atoms with van der Waals surface area (Å²) in [5, 5.41) is 24.6. The van der Waals surface area contributed by atoms with Gasteiger partial charge in [-0.2, -0.15) is 0 Å². The van der Waals surface area contributed by atoms with Crippen LogP contribution in [0.1, 0.15) is 29.6 Å². The Bertz CT molecular complexity index is 983. The molecule has 0 unspecified atom stereocenters. The molecule has 3 aromatic rings. The molecule has 2 amide bonds. The van der Waals surface area contributed by atoms with E-state index in [4.69, 9.17) is 0 Å². The van der Waals surface area contributed by atoms with Crippen LogP contribution in [0.2, 0.25) is 0 Å². The van der Waals surface area contributed by atoms with Crippen LogP contribution in [0.3, 0.4) is 0 Å². The van der Waals surface area contributed by atoms with E-state index >= 15 is 0 Å². The van der Waals surface area contributed by atoms with Crippen LogP contribution < -0.4 is 10.6 Å². The van der Waals surface area contributed by atoms with E-state index in [9.17, 15) is 14.7 Å². The highest BCUT2D eigenvalue weighted by molar-refractivity contribution is 6.06. The van der Waals surface area contributed by atoms with Crippen LogP contribution in [0.4, 0.5) is 0 Å². The van der Waals surface area contributed by atoms with Crippen LogP contribution >= 0.6 is 0 Å². The largest absolute Gasteiger partial charge is 0.391 e. The smallest absolute Gasteiger partial charge is 0.253 e. The molecule has 1 aromatic carbocycles. The van der Waals surface area contributed by atoms with E-state index in [0.717, 1.165) is 10.9 Å². The maximum absolute atomic E-state index is 12.8. The molecule has 152 valence electrons. The van der Waals surface area contributed by atoms with Gasteiger partial charge in [-0.25, -0.2) is 0 Å². The van der Waals surface area contributed by atoms with Gasteiger partial charge in [-0.1, -0.05) is 23.4 Å². The Morgan fingerprint density at radius 2 is 2.14 bits per heavy atom. The van der Waals surface area contributed by atoms with E-state index in [2.05, 4.69) is 25.9 Å². The standard InChI is InChI=1S/C20H24N6O3/c27-18-6-5-13(19(28)21-7-9-26-10-8-23-25-26)11-17(18)24-20(29)15-12-22-16-4-2-1-3-14(15)16/h1-4,8,10,12-13,17-18,22,27H,5-7,9,11H2,(H,21,28)(H,24,29)/t13-,17+,18+/m0/s1. The number of aromatic amines is 1. The van der Waals surface area contributed by atoms with Crippen molar-refractivity contribution in [3.63, 3.8) is 0 Å². The maximum atomic E-state index is 12.8. The quantitative estimate of drug-likeness (QED) is 0.491. The first-order chi connectivity index (χ1) is 14.1. The van der Waals surface area contributed by atoms with Crippen molar-refractivity contribution in [2.75, 3.05) is 6.54 Å². The molecule has 3 atom stereocenters. The molecule has 4 N–H and O–H groups in total. The highest BCUT2D eigenvalue weighted by Crippen LogP contribution is 2.26. The fraction of sp³-hybridized carbons (Fsp3) is 0.400. The molecular weight excluding hydrogens is 372 g/mol. The van der Waals surface area contributed by atoms with Crippen LogP contribution in [0.5, 0.6) is 0 Å². The number of amides is 2. The van der Waals surface area contributed by atoms with Gasteiger partial charge in [0.1, 0.15) is 0 Å². The molecule has 0 radical (unpaired) electrons. The van der Waals surface area contributed by atoms with E-state index in [1.54, 1.807) is 23.3 Å². The minimum Gasteiger partial charge on any atom is -0.391 e. The van der Waals surface area contributed by atoms with Gasteiger partial charge in [0, 0.05) is 35.8 Å². The van der Waals surface area contributed by atoms with Gasteiger partial charge >= 0.3 is 0 Å². The lowest BCUT2D eigenvalue weighted by Gasteiger charge is -2.33. The zero-order chi connectivity index (χ0) is 20.2. The van der Waals surface area contributed by atoms with Gasteiger partial charge in [0.2, 0.25) is 5.91 Å². The number of para-hydroxylation sites is 1. The van der Waals surface area contributed by atoms with E-state index in [1.165, 1.54) is 0 Å². The van der Waals surface area contributed by atoms with Crippen molar-refractivity contribution >= 4 is 22.7 Å². The van der Waals surface area contributed by atoms with Gasteiger partial charge in [-0.3, -0.25) is 14.3 Å². The lowest BCUT2D eigenvalue weighted by molar-refractivity contribution is -0.127. The second-order valence-electron chi connectivity index (χ2n) is 7.36. The van der Waals surface area contributed by atoms with E-state index < -0.39 is 12.1 Å². The first-order valence-electron chi connectivity index (χ1n) is 9.78. The summed E-state index contributed by atoms with van der Waals surface area (Å²) in [6.45, 7) is 0.995. The summed E-state index contributed by atoms with van der Waals surface area (Å²) in [7, 11) is 0. The van der Waals surface area contributed by atoms with Crippen molar-refractivity contribution in [2.45, 2.75) is 38.0 Å². The van der Waals surface area contributed by atoms with E-state index in [0.29, 0.717) is 37.9 Å². The van der Waals surface area contributed by atoms with Crippen molar-refractivity contribution in [3.05, 3.63) is 48.4 Å². The molecule has 1 fully saturated rings. The Morgan fingerprint density at radius 1 is 1.28 bits per heavy atom. The Morgan fingerprint density at radius 3 is 2.97 bits per heavy atom. The molecule has 9 heteroatoms. The van der Waals surface area contributed by atoms with Crippen molar-refractivity contribution in [1.82, 2.24) is 30.6 Å². The number of nitrogens with one attached hydrogen (secondary N) is 3. The molecule has 0 bridgehead atoms. The van der Waals surface area contributed by atoms with Gasteiger partial charge in [-0.15, -0.1) is 5.10 Å². The molecule has 2 heterocycles. The fourth-order valence-electron chi connectivity index (χ4n) is 3.84. The SMILES string of the molecule is O=C(N[C@@H]1C[C@@H](C(=O)NCCn2ccnn2)CC[C@H]1O)c1c[nH]c2ccccc12. The Kier molecular flexibility index (Phi) is 5.57. The zero-order valence-corrected chi connectivity index (χ0v) is 15.9. The van der Waals surface area contributed by atoms with Gasteiger partial charge in [-0.05, 0) is 25.3 Å². The third kappa shape index (κ3) is 4.29. The molecule has 2 aromatic heterocycles. The Labute approximate surface area is 167 Å². The Hall–Kier alpha value is -3.20. The number of nitrogens with zero attached hydrogens (tertiary/aromatic N) is 3. The van der Waals surface area contributed by atoms with Crippen LogP contribution in [0, 0.1) is 5.92 Å². The van der Waals surface area contributed by atoms with Crippen molar-refractivity contribution < 1.29 is 14.7 Å². The van der Waals surface area contributed by atoms with Gasteiger partial charge in [0.25, 0.3) is 5.91 Å². The summed E-state index contributed by atoms with van der Waals surface area (Å²) in [5.41, 5.74) is 1.42. The van der Waals surface area contributed by atoms with Crippen LogP contribution in [0.15, 0.2) is 42.9 Å². The van der Waals surface area contributed by atoms with Crippen LogP contribution in [-0.4, -0.2) is 55.6 Å². The number of aliphatic hydroxyl groups excluding tert-OH is 1. The topological polar surface area (TPSA) is 125 Å². The monoisotopic (exact) mass is 396 g/mol. The number of carbonyl (C=O) groups excluding carboxylic acids is 2. The molecule has 1 aliphatic rings. The van der Waals surface area contributed by atoms with Crippen LogP contribution in [-0.2, 0) is 11.3 Å². The average molecular weight is 396 g/mol. The predicted octanol–water partition coefficient (Wildman–Crippen LogP) is 0.835. The number of hydrogen-bond donors (Lipinski definition) is 4. The van der Waals surface area contributed by atoms with E-state index in [-0.39, 0.29) is 17.7 Å². The Balaban J connectivity index is 1.34. The summed E-state index contributed by atoms with van der Waals surface area (Å²) in [6, 6.07) is 7.10. The minimum absolute atomic E-state index is 0.0663. The minimum atomic E-state index is -0.664. The third-order valence-corrected chi connectivity index (χ3v) is 5.45. The molecule has 0 saturated heterocycles. The van der Waals surface area contributed by atoms with Gasteiger partial charge in [0.15, 0.2) is 0 Å². The molecule has 0 aliphatic heterocycles. The first-order valence-corrected chi connectivity index (χ1v) is 9.78. The first kappa shape index (κ1) is 19.1. The fourth-order valence-corrected chi connectivity index (χ4v) is 3.84. The normalized spacial score (nSPS) is 21.8.